The number of hydrogen-bond acceptors (Lipinski definition) is 2. The molecule has 1 aromatic rings. The summed E-state index contributed by atoms with van der Waals surface area (Å²) < 4.78 is 19.0. The fourth-order valence-corrected chi connectivity index (χ4v) is 3.30. The molecule has 2 aliphatic rings. The molecule has 0 fully saturated rings. The van der Waals surface area contributed by atoms with E-state index in [1.165, 1.54) is 12.1 Å². The van der Waals surface area contributed by atoms with Crippen molar-refractivity contribution in [3.05, 3.63) is 40.7 Å². The van der Waals surface area contributed by atoms with Gasteiger partial charge in [0, 0.05) is 12.7 Å². The lowest BCUT2D eigenvalue weighted by molar-refractivity contribution is 0.0289. The van der Waals surface area contributed by atoms with Gasteiger partial charge >= 0.3 is 0 Å². The summed E-state index contributed by atoms with van der Waals surface area (Å²) in [7, 11) is 1.58. The monoisotopic (exact) mass is 260 g/mol. The number of carbonyl (C=O) groups excluding carboxylic acids is 1. The third-order valence-electron chi connectivity index (χ3n) is 4.44. The Bertz CT molecular complexity index is 588. The van der Waals surface area contributed by atoms with Crippen LogP contribution in [-0.2, 0) is 4.74 Å². The molecule has 2 aliphatic carbocycles. The van der Waals surface area contributed by atoms with Crippen LogP contribution in [0.2, 0.25) is 0 Å². The minimum Gasteiger partial charge on any atom is -0.366 e. The van der Waals surface area contributed by atoms with Gasteiger partial charge in [0.15, 0.2) is 5.78 Å². The van der Waals surface area contributed by atoms with Crippen molar-refractivity contribution in [2.24, 2.45) is 0 Å². The molecule has 0 saturated heterocycles. The van der Waals surface area contributed by atoms with Crippen LogP contribution in [0.4, 0.5) is 4.39 Å². The molecule has 0 aromatic heterocycles. The van der Waals surface area contributed by atoms with Gasteiger partial charge in [-0.25, -0.2) is 4.39 Å². The van der Waals surface area contributed by atoms with Gasteiger partial charge < -0.3 is 4.74 Å². The number of ether oxygens (including phenoxy) is 1. The standard InChI is InChI=1S/C16H17FO2/c1-16(19-2)14-6-4-3-5-11(14)13-9-10(17)7-8-12(13)15(16)18/h7-9H,3-6H2,1-2H3. The van der Waals surface area contributed by atoms with Crippen molar-refractivity contribution in [1.29, 1.82) is 0 Å². The Morgan fingerprint density at radius 2 is 1.95 bits per heavy atom. The number of Topliss-reactive ketones (excluding diaryl/α,β-unsaturated/α-hetero) is 1. The van der Waals surface area contributed by atoms with E-state index >= 15 is 0 Å². The van der Waals surface area contributed by atoms with Crippen molar-refractivity contribution in [2.45, 2.75) is 38.2 Å². The third-order valence-corrected chi connectivity index (χ3v) is 4.44. The summed E-state index contributed by atoms with van der Waals surface area (Å²) in [4.78, 5) is 12.7. The van der Waals surface area contributed by atoms with Crippen LogP contribution in [-0.4, -0.2) is 18.5 Å². The molecule has 1 aromatic carbocycles. The topological polar surface area (TPSA) is 26.3 Å². The van der Waals surface area contributed by atoms with Crippen molar-refractivity contribution in [1.82, 2.24) is 0 Å². The van der Waals surface area contributed by atoms with Crippen molar-refractivity contribution in [3.8, 4) is 0 Å². The molecule has 0 spiro atoms. The molecule has 0 saturated carbocycles. The summed E-state index contributed by atoms with van der Waals surface area (Å²) in [5.74, 6) is -0.337. The molecule has 0 bridgehead atoms. The predicted octanol–water partition coefficient (Wildman–Crippen LogP) is 3.75. The first kappa shape index (κ1) is 12.5. The summed E-state index contributed by atoms with van der Waals surface area (Å²) in [5.41, 5.74) is 2.65. The first-order valence-corrected chi connectivity index (χ1v) is 6.70. The number of allylic oxidation sites excluding steroid dienone is 1. The summed E-state index contributed by atoms with van der Waals surface area (Å²) >= 11 is 0. The van der Waals surface area contributed by atoms with Gasteiger partial charge in [0.1, 0.15) is 11.4 Å². The van der Waals surface area contributed by atoms with Crippen molar-refractivity contribution in [3.63, 3.8) is 0 Å². The highest BCUT2D eigenvalue weighted by Crippen LogP contribution is 2.45. The lowest BCUT2D eigenvalue weighted by Gasteiger charge is -2.39. The van der Waals surface area contributed by atoms with Gasteiger partial charge in [-0.05, 0) is 67.5 Å². The minimum absolute atomic E-state index is 0.0503. The quantitative estimate of drug-likeness (QED) is 0.768. The third kappa shape index (κ3) is 1.68. The summed E-state index contributed by atoms with van der Waals surface area (Å²) in [6, 6.07) is 4.42. The second-order valence-electron chi connectivity index (χ2n) is 5.42. The van der Waals surface area contributed by atoms with Gasteiger partial charge in [-0.2, -0.15) is 0 Å². The van der Waals surface area contributed by atoms with Gasteiger partial charge in [0.2, 0.25) is 0 Å². The van der Waals surface area contributed by atoms with Crippen LogP contribution in [0.15, 0.2) is 23.8 Å². The number of ketones is 1. The van der Waals surface area contributed by atoms with Gasteiger partial charge in [-0.1, -0.05) is 0 Å². The van der Waals surface area contributed by atoms with Crippen molar-refractivity contribution >= 4 is 11.4 Å². The Morgan fingerprint density at radius 3 is 2.68 bits per heavy atom. The Labute approximate surface area is 112 Å². The molecular formula is C16H17FO2. The van der Waals surface area contributed by atoms with E-state index in [-0.39, 0.29) is 11.6 Å². The molecule has 0 amide bonds. The molecule has 0 N–H and O–H groups in total. The smallest absolute Gasteiger partial charge is 0.199 e. The van der Waals surface area contributed by atoms with Crippen molar-refractivity contribution < 1.29 is 13.9 Å². The lowest BCUT2D eigenvalue weighted by atomic mass is 9.70. The van der Waals surface area contributed by atoms with Crippen LogP contribution >= 0.6 is 0 Å². The van der Waals surface area contributed by atoms with E-state index in [9.17, 15) is 9.18 Å². The SMILES string of the molecule is COC1(C)C(=O)c2ccc(F)cc2C2=C1CCCC2. The first-order chi connectivity index (χ1) is 9.08. The summed E-state index contributed by atoms with van der Waals surface area (Å²) in [6.07, 6.45) is 3.91. The van der Waals surface area contributed by atoms with Gasteiger partial charge in [-0.3, -0.25) is 4.79 Å². The van der Waals surface area contributed by atoms with E-state index in [4.69, 9.17) is 4.74 Å². The van der Waals surface area contributed by atoms with E-state index in [0.717, 1.165) is 42.4 Å². The van der Waals surface area contributed by atoms with E-state index in [0.29, 0.717) is 5.56 Å². The molecule has 0 aliphatic heterocycles. The maximum absolute atomic E-state index is 13.5. The predicted molar refractivity (Wildman–Crippen MR) is 71.5 cm³/mol. The highest BCUT2D eigenvalue weighted by molar-refractivity contribution is 6.12. The molecule has 2 nitrogen and oxygen atoms in total. The maximum Gasteiger partial charge on any atom is 0.199 e. The first-order valence-electron chi connectivity index (χ1n) is 6.70. The molecule has 0 radical (unpaired) electrons. The zero-order valence-corrected chi connectivity index (χ0v) is 11.3. The highest BCUT2D eigenvalue weighted by Gasteiger charge is 2.44. The Balaban J connectivity index is 2.29. The lowest BCUT2D eigenvalue weighted by Crippen LogP contribution is -2.43. The number of carbonyl (C=O) groups is 1. The number of methoxy groups -OCH3 is 1. The second-order valence-corrected chi connectivity index (χ2v) is 5.42. The Hall–Kier alpha value is -1.48. The fraction of sp³-hybridized carbons (Fsp3) is 0.438. The zero-order valence-electron chi connectivity index (χ0n) is 11.3. The number of fused-ring (bicyclic) bond motifs is 2. The molecular weight excluding hydrogens is 243 g/mol. The largest absolute Gasteiger partial charge is 0.366 e. The highest BCUT2D eigenvalue weighted by atomic mass is 19.1. The number of rotatable bonds is 1. The average molecular weight is 260 g/mol. The molecule has 1 unspecified atom stereocenters. The number of benzene rings is 1. The average Bonchev–Trinajstić information content (AvgIpc) is 2.44. The van der Waals surface area contributed by atoms with E-state index in [1.54, 1.807) is 13.2 Å². The Kier molecular flexibility index (Phi) is 2.82. The molecule has 0 heterocycles. The normalized spacial score (nSPS) is 26.2. The van der Waals surface area contributed by atoms with E-state index in [2.05, 4.69) is 0 Å². The molecule has 3 rings (SSSR count). The molecule has 3 heteroatoms. The van der Waals surface area contributed by atoms with Crippen LogP contribution in [0.5, 0.6) is 0 Å². The second kappa shape index (κ2) is 4.27. The Morgan fingerprint density at radius 1 is 1.21 bits per heavy atom. The molecule has 1 atom stereocenters. The maximum atomic E-state index is 13.5. The number of halogens is 1. The van der Waals surface area contributed by atoms with Gasteiger partial charge in [0.05, 0.1) is 0 Å². The van der Waals surface area contributed by atoms with Gasteiger partial charge in [0.25, 0.3) is 0 Å². The summed E-state index contributed by atoms with van der Waals surface area (Å²) in [6.45, 7) is 1.84. The van der Waals surface area contributed by atoms with Crippen LogP contribution in [0.3, 0.4) is 0 Å². The zero-order chi connectivity index (χ0) is 13.6. The van der Waals surface area contributed by atoms with Crippen molar-refractivity contribution in [2.75, 3.05) is 7.11 Å². The minimum atomic E-state index is -0.874. The fourth-order valence-electron chi connectivity index (χ4n) is 3.30. The van der Waals surface area contributed by atoms with Crippen LogP contribution < -0.4 is 0 Å². The molecule has 100 valence electrons. The van der Waals surface area contributed by atoms with Gasteiger partial charge in [-0.15, -0.1) is 0 Å². The van der Waals surface area contributed by atoms with Crippen LogP contribution in [0.25, 0.3) is 5.57 Å². The van der Waals surface area contributed by atoms with Crippen LogP contribution in [0, 0.1) is 5.82 Å². The van der Waals surface area contributed by atoms with Crippen LogP contribution in [0.1, 0.15) is 48.5 Å². The van der Waals surface area contributed by atoms with E-state index in [1.807, 2.05) is 6.92 Å². The summed E-state index contributed by atoms with van der Waals surface area (Å²) in [5, 5.41) is 0. The molecule has 19 heavy (non-hydrogen) atoms. The number of hydrogen-bond donors (Lipinski definition) is 0. The van der Waals surface area contributed by atoms with E-state index < -0.39 is 5.60 Å².